The predicted molar refractivity (Wildman–Crippen MR) is 73.0 cm³/mol. The molecule has 0 spiro atoms. The summed E-state index contributed by atoms with van der Waals surface area (Å²) >= 11 is 4.08. The Labute approximate surface area is 113 Å². The first-order valence-corrected chi connectivity index (χ1v) is 6.49. The number of rotatable bonds is 1. The van der Waals surface area contributed by atoms with E-state index in [4.69, 9.17) is 9.47 Å². The van der Waals surface area contributed by atoms with Gasteiger partial charge in [-0.3, -0.25) is 0 Å². The molecule has 0 unspecified atom stereocenters. The molecule has 1 aliphatic rings. The van der Waals surface area contributed by atoms with Crippen LogP contribution in [0.15, 0.2) is 18.2 Å². The summed E-state index contributed by atoms with van der Waals surface area (Å²) in [4.78, 5) is 11.7. The lowest BCUT2D eigenvalue weighted by atomic mass is 10.1. The number of ether oxygens (including phenoxy) is 2. The van der Waals surface area contributed by atoms with Crippen molar-refractivity contribution in [3.63, 3.8) is 0 Å². The highest BCUT2D eigenvalue weighted by Crippen LogP contribution is 2.35. The minimum absolute atomic E-state index is 0.129. The van der Waals surface area contributed by atoms with Crippen molar-refractivity contribution in [1.82, 2.24) is 0 Å². The zero-order chi connectivity index (χ0) is 13.8. The summed E-state index contributed by atoms with van der Waals surface area (Å²) < 4.78 is 10.9. The van der Waals surface area contributed by atoms with Crippen LogP contribution in [0.25, 0.3) is 0 Å². The number of fused-ring (bicyclic) bond motifs is 1. The quantitative estimate of drug-likeness (QED) is 0.577. The van der Waals surface area contributed by atoms with E-state index in [0.29, 0.717) is 18.1 Å². The van der Waals surface area contributed by atoms with Gasteiger partial charge in [-0.05, 0) is 6.07 Å². The lowest BCUT2D eigenvalue weighted by Crippen LogP contribution is -2.43. The summed E-state index contributed by atoms with van der Waals surface area (Å²) in [6.45, 7) is 0.661. The van der Waals surface area contributed by atoms with Crippen molar-refractivity contribution in [2.75, 3.05) is 34.0 Å². The first-order chi connectivity index (χ1) is 8.48. The molecule has 2 rings (SSSR count). The van der Waals surface area contributed by atoms with Crippen molar-refractivity contribution < 1.29 is 18.8 Å². The predicted octanol–water partition coefficient (Wildman–Crippen LogP) is 1.99. The maximum absolute atomic E-state index is 11.7. The average Bonchev–Trinajstić information content (AvgIpc) is 2.79. The molecule has 18 heavy (non-hydrogen) atoms. The molecule has 1 heterocycles. The molecule has 0 radical (unpaired) electrons. The van der Waals surface area contributed by atoms with Gasteiger partial charge in [0.1, 0.15) is 0 Å². The molecule has 100 valence electrons. The second-order valence-electron chi connectivity index (χ2n) is 4.72. The Morgan fingerprint density at radius 1 is 1.33 bits per heavy atom. The van der Waals surface area contributed by atoms with Crippen molar-refractivity contribution >= 4 is 18.7 Å². The molecule has 0 fully saturated rings. The van der Waals surface area contributed by atoms with Crippen molar-refractivity contribution in [1.29, 1.82) is 0 Å². The van der Waals surface area contributed by atoms with Gasteiger partial charge in [0, 0.05) is 12.0 Å². The number of para-hydroxylation sites is 1. The van der Waals surface area contributed by atoms with Crippen LogP contribution in [0.3, 0.4) is 0 Å². The first kappa shape index (κ1) is 14.9. The average molecular weight is 269 g/mol. The third-order valence-electron chi connectivity index (χ3n) is 2.42. The Morgan fingerprint density at radius 3 is 2.61 bits per heavy atom. The van der Waals surface area contributed by atoms with Gasteiger partial charge < -0.3 is 22.1 Å². The van der Waals surface area contributed by atoms with Crippen LogP contribution in [0.1, 0.15) is 5.56 Å². The van der Waals surface area contributed by atoms with Crippen LogP contribution in [0.5, 0.6) is 11.5 Å². The minimum Gasteiger partial charge on any atom is -0.796 e. The summed E-state index contributed by atoms with van der Waals surface area (Å²) in [6, 6.07) is 5.63. The number of carbonyl (C=O) groups excluding carboxylic acids is 1. The van der Waals surface area contributed by atoms with E-state index in [-0.39, 0.29) is 10.6 Å². The van der Waals surface area contributed by atoms with Crippen LogP contribution in [-0.4, -0.2) is 44.6 Å². The Morgan fingerprint density at radius 2 is 2.00 bits per heavy atom. The van der Waals surface area contributed by atoms with Crippen LogP contribution < -0.4 is 9.47 Å². The van der Waals surface area contributed by atoms with E-state index in [1.807, 2.05) is 12.1 Å². The summed E-state index contributed by atoms with van der Waals surface area (Å²) in [5.74, 6) is 1.23. The Kier molecular flexibility index (Phi) is 5.04. The number of hydrogen-bond donors (Lipinski definition) is 0. The van der Waals surface area contributed by atoms with Crippen LogP contribution in [-0.2, 0) is 19.0 Å². The molecule has 0 bridgehead atoms. The molecule has 0 aromatic heterocycles. The van der Waals surface area contributed by atoms with Crippen LogP contribution >= 0.6 is 0 Å². The Bertz CT molecular complexity index is 427. The molecule has 4 nitrogen and oxygen atoms in total. The Balaban J connectivity index is 0.000000771. The SMILES string of the molecule is C[N+](C)(C)C(=O)Oc1cccc2c1OCC2.C[S-]. The molecule has 0 N–H and O–H groups in total. The van der Waals surface area contributed by atoms with Gasteiger partial charge in [-0.2, -0.15) is 11.1 Å². The summed E-state index contributed by atoms with van der Waals surface area (Å²) in [5, 5.41) is 0. The van der Waals surface area contributed by atoms with Crippen LogP contribution in [0, 0.1) is 0 Å². The van der Waals surface area contributed by atoms with Crippen LogP contribution in [0.2, 0.25) is 0 Å². The van der Waals surface area contributed by atoms with E-state index < -0.39 is 0 Å². The maximum Gasteiger partial charge on any atom is 0.520 e. The number of hydrogen-bond acceptors (Lipinski definition) is 4. The van der Waals surface area contributed by atoms with Crippen molar-refractivity contribution in [2.24, 2.45) is 0 Å². The minimum atomic E-state index is -0.302. The van der Waals surface area contributed by atoms with Gasteiger partial charge in [0.05, 0.1) is 27.7 Å². The van der Waals surface area contributed by atoms with Gasteiger partial charge in [-0.1, -0.05) is 12.1 Å². The van der Waals surface area contributed by atoms with Crippen molar-refractivity contribution in [3.8, 4) is 11.5 Å². The van der Waals surface area contributed by atoms with E-state index >= 15 is 0 Å². The lowest BCUT2D eigenvalue weighted by Gasteiger charge is -2.19. The molecule has 0 atom stereocenters. The third-order valence-corrected chi connectivity index (χ3v) is 2.42. The van der Waals surface area contributed by atoms with Gasteiger partial charge in [0.15, 0.2) is 11.5 Å². The molecule has 0 aliphatic carbocycles. The molecule has 1 aliphatic heterocycles. The summed E-state index contributed by atoms with van der Waals surface area (Å²) in [5.41, 5.74) is 1.10. The molecule has 1 amide bonds. The molecule has 5 heteroatoms. The molecular weight excluding hydrogens is 250 g/mol. The normalized spacial score (nSPS) is 12.9. The topological polar surface area (TPSA) is 35.5 Å². The number of nitrogens with zero attached hydrogens (tertiary/aromatic N) is 1. The zero-order valence-corrected chi connectivity index (χ0v) is 12.0. The molecule has 1 aromatic carbocycles. The number of amides is 1. The monoisotopic (exact) mass is 269 g/mol. The summed E-state index contributed by atoms with van der Waals surface area (Å²) in [7, 11) is 5.31. The van der Waals surface area contributed by atoms with Gasteiger partial charge in [0.2, 0.25) is 0 Å². The largest absolute Gasteiger partial charge is 0.796 e. The molecular formula is C13H19NO3S. The Hall–Kier alpha value is -1.20. The van der Waals surface area contributed by atoms with Gasteiger partial charge >= 0.3 is 6.09 Å². The molecule has 1 aromatic rings. The fourth-order valence-electron chi connectivity index (χ4n) is 1.50. The van der Waals surface area contributed by atoms with E-state index in [1.54, 1.807) is 33.5 Å². The van der Waals surface area contributed by atoms with Crippen LogP contribution in [0.4, 0.5) is 4.79 Å². The smallest absolute Gasteiger partial charge is 0.520 e. The highest BCUT2D eigenvalue weighted by atomic mass is 32.1. The molecule has 0 saturated carbocycles. The van der Waals surface area contributed by atoms with Gasteiger partial charge in [-0.15, -0.1) is 0 Å². The van der Waals surface area contributed by atoms with Gasteiger partial charge in [0.25, 0.3) is 0 Å². The third kappa shape index (κ3) is 3.40. The highest BCUT2D eigenvalue weighted by molar-refractivity contribution is 7.57. The first-order valence-electron chi connectivity index (χ1n) is 5.68. The standard InChI is InChI=1S/C12H16NO3.CH4S/c1-13(2,3)12(14)16-10-6-4-5-9-7-8-15-11(9)10;1-2/h4-6H,7-8H2,1-3H3;2H,1H3/q+1;/p-1. The second-order valence-corrected chi connectivity index (χ2v) is 4.72. The fraction of sp³-hybridized carbons (Fsp3) is 0.462. The van der Waals surface area contributed by atoms with E-state index in [2.05, 4.69) is 12.6 Å². The zero-order valence-electron chi connectivity index (χ0n) is 11.2. The second kappa shape index (κ2) is 6.11. The van der Waals surface area contributed by atoms with Crippen molar-refractivity contribution in [3.05, 3.63) is 23.8 Å². The highest BCUT2D eigenvalue weighted by Gasteiger charge is 2.26. The van der Waals surface area contributed by atoms with E-state index in [0.717, 1.165) is 12.0 Å². The molecule has 0 saturated heterocycles. The number of carbonyl (C=O) groups is 1. The van der Waals surface area contributed by atoms with Gasteiger partial charge in [-0.25, -0.2) is 4.48 Å². The van der Waals surface area contributed by atoms with E-state index in [1.165, 1.54) is 0 Å². The van der Waals surface area contributed by atoms with E-state index in [9.17, 15) is 4.79 Å². The summed E-state index contributed by atoms with van der Waals surface area (Å²) in [6.07, 6.45) is 2.16. The number of quaternary nitrogens is 1. The fourth-order valence-corrected chi connectivity index (χ4v) is 1.50. The number of benzene rings is 1. The lowest BCUT2D eigenvalue weighted by molar-refractivity contribution is -0.793. The van der Waals surface area contributed by atoms with Crippen molar-refractivity contribution in [2.45, 2.75) is 6.42 Å². The maximum atomic E-state index is 11.7.